The fourth-order valence-corrected chi connectivity index (χ4v) is 3.30. The zero-order chi connectivity index (χ0) is 13.2. The van der Waals surface area contributed by atoms with Crippen molar-refractivity contribution < 1.29 is 0 Å². The summed E-state index contributed by atoms with van der Waals surface area (Å²) >= 11 is 0. The highest BCUT2D eigenvalue weighted by Crippen LogP contribution is 2.31. The smallest absolute Gasteiger partial charge is 0.225 e. The van der Waals surface area contributed by atoms with Crippen molar-refractivity contribution in [2.75, 3.05) is 19.0 Å². The Morgan fingerprint density at radius 3 is 2.68 bits per heavy atom. The Labute approximate surface area is 115 Å². The number of anilines is 1. The molecule has 1 aromatic rings. The van der Waals surface area contributed by atoms with Crippen LogP contribution in [-0.4, -0.2) is 30.1 Å². The molecule has 3 rings (SSSR count). The van der Waals surface area contributed by atoms with Gasteiger partial charge in [0.2, 0.25) is 5.95 Å². The van der Waals surface area contributed by atoms with E-state index in [0.29, 0.717) is 12.1 Å². The topological polar surface area (TPSA) is 41.1 Å². The van der Waals surface area contributed by atoms with Crippen LogP contribution in [0.1, 0.15) is 55.8 Å². The van der Waals surface area contributed by atoms with E-state index >= 15 is 0 Å². The maximum Gasteiger partial charge on any atom is 0.225 e. The molecule has 0 unspecified atom stereocenters. The van der Waals surface area contributed by atoms with Gasteiger partial charge in [0.25, 0.3) is 0 Å². The highest BCUT2D eigenvalue weighted by Gasteiger charge is 2.26. The third kappa shape index (κ3) is 2.73. The van der Waals surface area contributed by atoms with Crippen LogP contribution < -0.4 is 10.2 Å². The predicted octanol–water partition coefficient (Wildman–Crippen LogP) is 2.45. The van der Waals surface area contributed by atoms with Gasteiger partial charge in [0, 0.05) is 37.9 Å². The Balaban J connectivity index is 1.79. The van der Waals surface area contributed by atoms with E-state index in [1.54, 1.807) is 0 Å². The normalized spacial score (nSPS) is 23.4. The monoisotopic (exact) mass is 260 g/mol. The molecular formula is C15H24N4. The van der Waals surface area contributed by atoms with Crippen LogP contribution in [0.15, 0.2) is 6.20 Å². The molecule has 0 saturated heterocycles. The van der Waals surface area contributed by atoms with E-state index in [9.17, 15) is 0 Å². The molecule has 4 nitrogen and oxygen atoms in total. The van der Waals surface area contributed by atoms with Crippen molar-refractivity contribution in [1.82, 2.24) is 15.3 Å². The van der Waals surface area contributed by atoms with Crippen LogP contribution in [0, 0.1) is 0 Å². The summed E-state index contributed by atoms with van der Waals surface area (Å²) in [6.07, 6.45) is 11.0. The fraction of sp³-hybridized carbons (Fsp3) is 0.733. The van der Waals surface area contributed by atoms with Gasteiger partial charge in [-0.1, -0.05) is 12.8 Å². The summed E-state index contributed by atoms with van der Waals surface area (Å²) in [7, 11) is 4.00. The number of fused-ring (bicyclic) bond motifs is 1. The number of nitrogens with zero attached hydrogens (tertiary/aromatic N) is 3. The van der Waals surface area contributed by atoms with Gasteiger partial charge in [0.1, 0.15) is 0 Å². The van der Waals surface area contributed by atoms with Crippen molar-refractivity contribution in [3.63, 3.8) is 0 Å². The molecule has 0 bridgehead atoms. The molecule has 1 heterocycles. The van der Waals surface area contributed by atoms with Gasteiger partial charge in [-0.15, -0.1) is 0 Å². The summed E-state index contributed by atoms with van der Waals surface area (Å²) in [4.78, 5) is 11.2. The molecule has 0 aliphatic heterocycles. The second kappa shape index (κ2) is 5.45. The van der Waals surface area contributed by atoms with E-state index < -0.39 is 0 Å². The van der Waals surface area contributed by atoms with Gasteiger partial charge in [0.05, 0.1) is 5.69 Å². The Kier molecular flexibility index (Phi) is 3.69. The standard InChI is InChI=1S/C15H24N4/c1-19(2)15-16-10-12-13(8-5-9-14(12)18-15)17-11-6-3-4-7-11/h10-11,13,17H,3-9H2,1-2H3/t13-/m0/s1. The third-order valence-corrected chi connectivity index (χ3v) is 4.36. The molecule has 1 fully saturated rings. The first-order valence-corrected chi connectivity index (χ1v) is 7.53. The molecule has 1 N–H and O–H groups in total. The minimum absolute atomic E-state index is 0.475. The quantitative estimate of drug-likeness (QED) is 0.906. The Morgan fingerprint density at radius 2 is 1.95 bits per heavy atom. The SMILES string of the molecule is CN(C)c1ncc2c(n1)CCC[C@@H]2NC1CCCC1. The second-order valence-electron chi connectivity index (χ2n) is 6.06. The average Bonchev–Trinajstić information content (AvgIpc) is 2.91. The number of nitrogens with one attached hydrogen (secondary N) is 1. The zero-order valence-corrected chi connectivity index (χ0v) is 12.0. The van der Waals surface area contributed by atoms with Crippen molar-refractivity contribution in [3.05, 3.63) is 17.5 Å². The molecule has 104 valence electrons. The van der Waals surface area contributed by atoms with Gasteiger partial charge in [-0.3, -0.25) is 0 Å². The minimum atomic E-state index is 0.475. The summed E-state index contributed by atoms with van der Waals surface area (Å²) in [5, 5.41) is 3.83. The van der Waals surface area contributed by atoms with Gasteiger partial charge < -0.3 is 10.2 Å². The summed E-state index contributed by atoms with van der Waals surface area (Å²) in [6, 6.07) is 1.19. The molecule has 1 aromatic heterocycles. The van der Waals surface area contributed by atoms with E-state index in [2.05, 4.69) is 10.3 Å². The molecule has 1 atom stereocenters. The fourth-order valence-electron chi connectivity index (χ4n) is 3.30. The Bertz CT molecular complexity index is 438. The summed E-state index contributed by atoms with van der Waals surface area (Å²) in [6.45, 7) is 0. The highest BCUT2D eigenvalue weighted by molar-refractivity contribution is 5.34. The lowest BCUT2D eigenvalue weighted by molar-refractivity contribution is 0.393. The number of hydrogen-bond donors (Lipinski definition) is 1. The number of hydrogen-bond acceptors (Lipinski definition) is 4. The van der Waals surface area contributed by atoms with E-state index in [1.807, 2.05) is 25.2 Å². The van der Waals surface area contributed by atoms with Crippen LogP contribution in [0.2, 0.25) is 0 Å². The number of aromatic nitrogens is 2. The molecule has 0 amide bonds. The van der Waals surface area contributed by atoms with Crippen LogP contribution in [0.4, 0.5) is 5.95 Å². The van der Waals surface area contributed by atoms with Crippen molar-refractivity contribution in [2.24, 2.45) is 0 Å². The van der Waals surface area contributed by atoms with Crippen LogP contribution >= 0.6 is 0 Å². The molecule has 19 heavy (non-hydrogen) atoms. The lowest BCUT2D eigenvalue weighted by atomic mass is 9.91. The van der Waals surface area contributed by atoms with Gasteiger partial charge in [-0.25, -0.2) is 9.97 Å². The van der Waals surface area contributed by atoms with E-state index in [-0.39, 0.29) is 0 Å². The lowest BCUT2D eigenvalue weighted by Crippen LogP contribution is -2.33. The van der Waals surface area contributed by atoms with Gasteiger partial charge in [0.15, 0.2) is 0 Å². The highest BCUT2D eigenvalue weighted by atomic mass is 15.2. The number of aryl methyl sites for hydroxylation is 1. The van der Waals surface area contributed by atoms with Crippen molar-refractivity contribution in [1.29, 1.82) is 0 Å². The maximum atomic E-state index is 4.71. The molecule has 4 heteroatoms. The van der Waals surface area contributed by atoms with E-state index in [1.165, 1.54) is 49.8 Å². The maximum absolute atomic E-state index is 4.71. The molecule has 2 aliphatic rings. The van der Waals surface area contributed by atoms with Crippen LogP contribution in [0.25, 0.3) is 0 Å². The molecule has 0 spiro atoms. The Morgan fingerprint density at radius 1 is 1.16 bits per heavy atom. The van der Waals surface area contributed by atoms with E-state index in [0.717, 1.165) is 12.4 Å². The number of rotatable bonds is 3. The first kappa shape index (κ1) is 12.9. The molecule has 0 radical (unpaired) electrons. The van der Waals surface area contributed by atoms with Crippen molar-refractivity contribution in [2.45, 2.75) is 57.0 Å². The average molecular weight is 260 g/mol. The second-order valence-corrected chi connectivity index (χ2v) is 6.06. The molecule has 0 aromatic carbocycles. The summed E-state index contributed by atoms with van der Waals surface area (Å²) < 4.78 is 0. The third-order valence-electron chi connectivity index (χ3n) is 4.36. The van der Waals surface area contributed by atoms with Crippen LogP contribution in [0.3, 0.4) is 0 Å². The molecular weight excluding hydrogens is 236 g/mol. The summed E-state index contributed by atoms with van der Waals surface area (Å²) in [5.74, 6) is 0.834. The first-order valence-electron chi connectivity index (χ1n) is 7.53. The van der Waals surface area contributed by atoms with Gasteiger partial charge >= 0.3 is 0 Å². The lowest BCUT2D eigenvalue weighted by Gasteiger charge is -2.28. The zero-order valence-electron chi connectivity index (χ0n) is 12.0. The van der Waals surface area contributed by atoms with Crippen LogP contribution in [0.5, 0.6) is 0 Å². The van der Waals surface area contributed by atoms with E-state index in [4.69, 9.17) is 4.98 Å². The minimum Gasteiger partial charge on any atom is -0.347 e. The Hall–Kier alpha value is -1.16. The largest absolute Gasteiger partial charge is 0.347 e. The van der Waals surface area contributed by atoms with Gasteiger partial charge in [-0.2, -0.15) is 0 Å². The van der Waals surface area contributed by atoms with Crippen molar-refractivity contribution in [3.8, 4) is 0 Å². The molecule has 2 aliphatic carbocycles. The first-order chi connectivity index (χ1) is 9.24. The summed E-state index contributed by atoms with van der Waals surface area (Å²) in [5.41, 5.74) is 2.59. The molecule has 1 saturated carbocycles. The van der Waals surface area contributed by atoms with Crippen molar-refractivity contribution >= 4 is 5.95 Å². The predicted molar refractivity (Wildman–Crippen MR) is 77.4 cm³/mol. The van der Waals surface area contributed by atoms with Crippen LogP contribution in [-0.2, 0) is 6.42 Å². The van der Waals surface area contributed by atoms with Gasteiger partial charge in [-0.05, 0) is 32.1 Å².